The Bertz CT molecular complexity index is 1100. The molecule has 5 N–H and O–H groups in total. The van der Waals surface area contributed by atoms with E-state index >= 15 is 0 Å². The average Bonchev–Trinajstić information content (AvgIpc) is 2.76. The predicted octanol–water partition coefficient (Wildman–Crippen LogP) is 4.90. The Kier molecular flexibility index (Phi) is 9.46. The van der Waals surface area contributed by atoms with Gasteiger partial charge in [0.2, 0.25) is 0 Å². The zero-order valence-electron chi connectivity index (χ0n) is 18.9. The molecule has 176 valence electrons. The number of rotatable bonds is 8. The molecule has 2 amide bonds. The van der Waals surface area contributed by atoms with Gasteiger partial charge in [0.15, 0.2) is 6.10 Å². The first-order chi connectivity index (χ1) is 15.6. The van der Waals surface area contributed by atoms with Crippen LogP contribution in [0, 0.1) is 0 Å². The number of aliphatic hydroxyl groups is 1. The number of aliphatic hydroxyl groups excluding tert-OH is 1. The summed E-state index contributed by atoms with van der Waals surface area (Å²) in [5, 5.41) is 16.7. The Morgan fingerprint density at radius 3 is 2.55 bits per heavy atom. The van der Waals surface area contributed by atoms with Gasteiger partial charge in [-0.2, -0.15) is 0 Å². The third-order valence-corrected chi connectivity index (χ3v) is 5.38. The molecule has 0 fully saturated rings. The molecule has 1 heterocycles. The molecule has 0 saturated carbocycles. The van der Waals surface area contributed by atoms with Crippen molar-refractivity contribution in [3.63, 3.8) is 0 Å². The van der Waals surface area contributed by atoms with Gasteiger partial charge in [-0.15, -0.1) is 0 Å². The number of halogens is 2. The number of hydrogen-bond donors (Lipinski definition) is 4. The molecule has 0 aliphatic carbocycles. The summed E-state index contributed by atoms with van der Waals surface area (Å²) in [5.74, 6) is -0.837. The predicted molar refractivity (Wildman–Crippen MR) is 134 cm³/mol. The summed E-state index contributed by atoms with van der Waals surface area (Å²) >= 11 is 12.5. The van der Waals surface area contributed by atoms with Crippen LogP contribution < -0.4 is 16.4 Å². The molecule has 0 spiro atoms. The minimum atomic E-state index is -1.39. The highest BCUT2D eigenvalue weighted by atomic mass is 35.5. The summed E-state index contributed by atoms with van der Waals surface area (Å²) in [7, 11) is 0. The van der Waals surface area contributed by atoms with Gasteiger partial charge in [-0.3, -0.25) is 9.59 Å². The van der Waals surface area contributed by atoms with E-state index in [0.717, 1.165) is 0 Å². The number of hydrogen-bond acceptors (Lipinski definition) is 5. The Hall–Kier alpha value is -2.87. The first-order valence-corrected chi connectivity index (χ1v) is 11.2. The Morgan fingerprint density at radius 2 is 1.97 bits per heavy atom. The Balaban J connectivity index is 2.25. The van der Waals surface area contributed by atoms with Gasteiger partial charge in [0, 0.05) is 34.1 Å². The number of allylic oxidation sites excluding steroid dienone is 2. The standard InChI is InChI=1S/C24H28Cl2N4O3/c1-5-14(9-16(25)6-2)21(31)24(33)30-17-7-8-18(20(26)11-17)15-10-19(22(27)28-12-15)23(32)29-13(3)4/h5,7-13,21,31H,6H2,1-4H3,(H2,27,28)(H,29,32)(H,30,33)/b14-5+,16-9+. The second kappa shape index (κ2) is 11.8. The van der Waals surface area contributed by atoms with Crippen molar-refractivity contribution in [2.24, 2.45) is 0 Å². The molecule has 1 aromatic carbocycles. The van der Waals surface area contributed by atoms with Crippen LogP contribution >= 0.6 is 23.2 Å². The van der Waals surface area contributed by atoms with Crippen molar-refractivity contribution < 1.29 is 14.7 Å². The number of nitrogens with zero attached hydrogens (tertiary/aromatic N) is 1. The molecule has 0 bridgehead atoms. The number of carbonyl (C=O) groups is 2. The molecule has 33 heavy (non-hydrogen) atoms. The number of aromatic nitrogens is 1. The molecule has 0 saturated heterocycles. The molecular formula is C24H28Cl2N4O3. The fourth-order valence-corrected chi connectivity index (χ4v) is 3.35. The van der Waals surface area contributed by atoms with Crippen LogP contribution in [0.15, 0.2) is 53.2 Å². The lowest BCUT2D eigenvalue weighted by Crippen LogP contribution is -2.30. The zero-order valence-corrected chi connectivity index (χ0v) is 20.5. The van der Waals surface area contributed by atoms with Crippen molar-refractivity contribution in [2.45, 2.75) is 46.3 Å². The molecule has 0 aliphatic heterocycles. The van der Waals surface area contributed by atoms with Gasteiger partial charge in [0.1, 0.15) is 5.82 Å². The van der Waals surface area contributed by atoms with Crippen LogP contribution in [0.25, 0.3) is 11.1 Å². The van der Waals surface area contributed by atoms with Crippen LogP contribution in [0.3, 0.4) is 0 Å². The van der Waals surface area contributed by atoms with E-state index in [2.05, 4.69) is 15.6 Å². The number of nitrogens with one attached hydrogen (secondary N) is 2. The molecule has 1 aromatic heterocycles. The molecular weight excluding hydrogens is 463 g/mol. The highest BCUT2D eigenvalue weighted by Crippen LogP contribution is 2.31. The zero-order chi connectivity index (χ0) is 24.7. The van der Waals surface area contributed by atoms with E-state index in [-0.39, 0.29) is 23.3 Å². The maximum atomic E-state index is 12.5. The van der Waals surface area contributed by atoms with Gasteiger partial charge in [0.05, 0.1) is 10.6 Å². The average molecular weight is 491 g/mol. The van der Waals surface area contributed by atoms with Crippen molar-refractivity contribution in [3.8, 4) is 11.1 Å². The van der Waals surface area contributed by atoms with E-state index in [1.165, 1.54) is 6.20 Å². The Labute approximate surface area is 203 Å². The van der Waals surface area contributed by atoms with E-state index < -0.39 is 12.0 Å². The largest absolute Gasteiger partial charge is 0.383 e. The first kappa shape index (κ1) is 26.4. The highest BCUT2D eigenvalue weighted by molar-refractivity contribution is 6.33. The highest BCUT2D eigenvalue weighted by Gasteiger charge is 2.19. The van der Waals surface area contributed by atoms with E-state index in [1.54, 1.807) is 43.3 Å². The van der Waals surface area contributed by atoms with Crippen molar-refractivity contribution in [1.29, 1.82) is 0 Å². The Morgan fingerprint density at radius 1 is 1.27 bits per heavy atom. The van der Waals surface area contributed by atoms with Crippen LogP contribution in [-0.2, 0) is 4.79 Å². The summed E-state index contributed by atoms with van der Waals surface area (Å²) in [4.78, 5) is 29.0. The molecule has 2 aromatic rings. The summed E-state index contributed by atoms with van der Waals surface area (Å²) in [6.07, 6.45) is 3.91. The molecule has 9 heteroatoms. The second-order valence-corrected chi connectivity index (χ2v) is 8.50. The van der Waals surface area contributed by atoms with Crippen molar-refractivity contribution in [3.05, 3.63) is 63.8 Å². The third-order valence-electron chi connectivity index (χ3n) is 4.69. The van der Waals surface area contributed by atoms with E-state index in [0.29, 0.717) is 38.9 Å². The third kappa shape index (κ3) is 7.05. The van der Waals surface area contributed by atoms with Crippen molar-refractivity contribution >= 4 is 46.5 Å². The molecule has 2 rings (SSSR count). The molecule has 0 radical (unpaired) electrons. The maximum absolute atomic E-state index is 12.5. The minimum absolute atomic E-state index is 0.0565. The fraction of sp³-hybridized carbons (Fsp3) is 0.292. The molecule has 0 aliphatic rings. The number of amides is 2. The second-order valence-electron chi connectivity index (χ2n) is 7.60. The summed E-state index contributed by atoms with van der Waals surface area (Å²) in [6, 6.07) is 6.44. The molecule has 1 atom stereocenters. The lowest BCUT2D eigenvalue weighted by Gasteiger charge is -2.15. The van der Waals surface area contributed by atoms with E-state index in [4.69, 9.17) is 28.9 Å². The number of pyridine rings is 1. The number of anilines is 2. The number of nitrogen functional groups attached to an aromatic ring is 1. The number of benzene rings is 1. The number of carbonyl (C=O) groups excluding carboxylic acids is 2. The van der Waals surface area contributed by atoms with Crippen molar-refractivity contribution in [1.82, 2.24) is 10.3 Å². The fourth-order valence-electron chi connectivity index (χ4n) is 2.94. The molecule has 7 nitrogen and oxygen atoms in total. The first-order valence-electron chi connectivity index (χ1n) is 10.4. The van der Waals surface area contributed by atoms with Crippen LogP contribution in [0.5, 0.6) is 0 Å². The lowest BCUT2D eigenvalue weighted by molar-refractivity contribution is -0.122. The van der Waals surface area contributed by atoms with Crippen LogP contribution in [0.4, 0.5) is 11.5 Å². The maximum Gasteiger partial charge on any atom is 0.257 e. The smallest absolute Gasteiger partial charge is 0.257 e. The van der Waals surface area contributed by atoms with Gasteiger partial charge in [0.25, 0.3) is 11.8 Å². The van der Waals surface area contributed by atoms with Gasteiger partial charge in [-0.25, -0.2) is 4.98 Å². The quantitative estimate of drug-likeness (QED) is 0.392. The van der Waals surface area contributed by atoms with E-state index in [1.807, 2.05) is 20.8 Å². The van der Waals surface area contributed by atoms with Crippen molar-refractivity contribution in [2.75, 3.05) is 11.1 Å². The molecule has 1 unspecified atom stereocenters. The van der Waals surface area contributed by atoms with Crippen LogP contribution in [0.2, 0.25) is 5.02 Å². The summed E-state index contributed by atoms with van der Waals surface area (Å²) in [5.41, 5.74) is 8.10. The van der Waals surface area contributed by atoms with Gasteiger partial charge in [-0.05, 0) is 57.0 Å². The van der Waals surface area contributed by atoms with Crippen LogP contribution in [-0.4, -0.2) is 34.1 Å². The number of nitrogens with two attached hydrogens (primary N) is 1. The summed E-state index contributed by atoms with van der Waals surface area (Å²) < 4.78 is 0. The van der Waals surface area contributed by atoms with E-state index in [9.17, 15) is 14.7 Å². The lowest BCUT2D eigenvalue weighted by atomic mass is 10.0. The summed E-state index contributed by atoms with van der Waals surface area (Å²) in [6.45, 7) is 7.28. The normalized spacial score (nSPS) is 13.1. The minimum Gasteiger partial charge on any atom is -0.383 e. The monoisotopic (exact) mass is 490 g/mol. The van der Waals surface area contributed by atoms with Gasteiger partial charge in [-0.1, -0.05) is 42.3 Å². The van der Waals surface area contributed by atoms with Gasteiger partial charge >= 0.3 is 0 Å². The van der Waals surface area contributed by atoms with Gasteiger partial charge < -0.3 is 21.5 Å². The topological polar surface area (TPSA) is 117 Å². The SMILES string of the molecule is C/C=C(\C=C(\Cl)CC)C(O)C(=O)Nc1ccc(-c2cnc(N)c(C(=O)NC(C)C)c2)c(Cl)c1. The van der Waals surface area contributed by atoms with Crippen LogP contribution in [0.1, 0.15) is 44.5 Å².